The van der Waals surface area contributed by atoms with E-state index in [9.17, 15) is 4.79 Å². The van der Waals surface area contributed by atoms with E-state index >= 15 is 0 Å². The third-order valence-corrected chi connectivity index (χ3v) is 6.75. The number of pyridine rings is 1. The van der Waals surface area contributed by atoms with Crippen LogP contribution >= 0.6 is 0 Å². The zero-order valence-corrected chi connectivity index (χ0v) is 20.3. The number of hydrogen-bond donors (Lipinski definition) is 1. The summed E-state index contributed by atoms with van der Waals surface area (Å²) in [6.07, 6.45) is 0.789. The number of benzene rings is 4. The van der Waals surface area contributed by atoms with Crippen LogP contribution in [0.25, 0.3) is 22.2 Å². The Kier molecular flexibility index (Phi) is 6.26. The van der Waals surface area contributed by atoms with Gasteiger partial charge in [0.15, 0.2) is 11.5 Å². The van der Waals surface area contributed by atoms with Crippen molar-refractivity contribution < 1.29 is 14.3 Å². The molecule has 2 heterocycles. The van der Waals surface area contributed by atoms with E-state index in [1.807, 2.05) is 60.7 Å². The molecule has 5 nitrogen and oxygen atoms in total. The molecule has 1 aliphatic heterocycles. The number of carbonyl (C=O) groups excluding carboxylic acids is 1. The third kappa shape index (κ3) is 4.76. The molecule has 0 radical (unpaired) electrons. The Morgan fingerprint density at radius 3 is 2.22 bits per heavy atom. The van der Waals surface area contributed by atoms with Gasteiger partial charge >= 0.3 is 0 Å². The average Bonchev–Trinajstić information content (AvgIpc) is 3.44. The number of para-hydroxylation sites is 1. The van der Waals surface area contributed by atoms with E-state index in [1.165, 1.54) is 11.1 Å². The Bertz CT molecular complexity index is 1510. The highest BCUT2D eigenvalue weighted by atomic mass is 16.7. The van der Waals surface area contributed by atoms with Gasteiger partial charge in [0.05, 0.1) is 16.8 Å². The molecule has 1 amide bonds. The van der Waals surface area contributed by atoms with Crippen LogP contribution in [0.2, 0.25) is 0 Å². The van der Waals surface area contributed by atoms with Gasteiger partial charge in [0.1, 0.15) is 0 Å². The maximum absolute atomic E-state index is 13.5. The number of ether oxygens (including phenoxy) is 2. The summed E-state index contributed by atoms with van der Waals surface area (Å²) in [4.78, 5) is 18.3. The topological polar surface area (TPSA) is 60.5 Å². The maximum atomic E-state index is 13.5. The molecule has 0 aliphatic carbocycles. The van der Waals surface area contributed by atoms with Crippen LogP contribution < -0.4 is 14.8 Å². The minimum atomic E-state index is -0.111. The Balaban J connectivity index is 1.26. The molecular weight excluding hydrogens is 460 g/mol. The first-order valence-corrected chi connectivity index (χ1v) is 12.4. The summed E-state index contributed by atoms with van der Waals surface area (Å²) in [6, 6.07) is 36.2. The maximum Gasteiger partial charge on any atom is 0.252 e. The molecule has 0 saturated carbocycles. The molecule has 0 unspecified atom stereocenters. The second-order valence-corrected chi connectivity index (χ2v) is 9.06. The number of aromatic nitrogens is 1. The van der Waals surface area contributed by atoms with Crippen molar-refractivity contribution >= 4 is 16.8 Å². The zero-order valence-electron chi connectivity index (χ0n) is 20.3. The number of fused-ring (bicyclic) bond motifs is 2. The molecule has 6 rings (SSSR count). The first-order valence-electron chi connectivity index (χ1n) is 12.4. The van der Waals surface area contributed by atoms with Gasteiger partial charge in [-0.05, 0) is 47.9 Å². The molecule has 1 N–H and O–H groups in total. The quantitative estimate of drug-likeness (QED) is 0.282. The highest BCUT2D eigenvalue weighted by Gasteiger charge is 2.19. The molecular formula is C32H26N2O3. The highest BCUT2D eigenvalue weighted by Crippen LogP contribution is 2.36. The Hall–Kier alpha value is -4.64. The molecule has 1 aromatic heterocycles. The fourth-order valence-corrected chi connectivity index (χ4v) is 4.89. The highest BCUT2D eigenvalue weighted by molar-refractivity contribution is 6.07. The molecule has 0 fully saturated rings. The van der Waals surface area contributed by atoms with Crippen LogP contribution in [0.4, 0.5) is 0 Å². The molecule has 1 aliphatic rings. The van der Waals surface area contributed by atoms with Gasteiger partial charge in [0, 0.05) is 23.4 Å². The second-order valence-electron chi connectivity index (χ2n) is 9.06. The van der Waals surface area contributed by atoms with Crippen molar-refractivity contribution in [2.45, 2.75) is 12.3 Å². The number of nitrogens with one attached hydrogen (secondary N) is 1. The molecule has 0 spiro atoms. The molecule has 182 valence electrons. The van der Waals surface area contributed by atoms with E-state index in [1.54, 1.807) is 0 Å². The third-order valence-electron chi connectivity index (χ3n) is 6.75. The van der Waals surface area contributed by atoms with Crippen molar-refractivity contribution in [1.29, 1.82) is 0 Å². The number of rotatable bonds is 7. The SMILES string of the molecule is O=C(NCCC(c1ccccc1)c1ccccc1)c1cc(-c2ccc3c(c2)OCO3)nc2ccccc12. The van der Waals surface area contributed by atoms with Gasteiger partial charge in [-0.2, -0.15) is 0 Å². The number of carbonyl (C=O) groups is 1. The monoisotopic (exact) mass is 486 g/mol. The van der Waals surface area contributed by atoms with Crippen molar-refractivity contribution in [2.24, 2.45) is 0 Å². The fraction of sp³-hybridized carbons (Fsp3) is 0.125. The van der Waals surface area contributed by atoms with Crippen LogP contribution in [-0.2, 0) is 0 Å². The van der Waals surface area contributed by atoms with Gasteiger partial charge in [0.25, 0.3) is 5.91 Å². The average molecular weight is 487 g/mol. The van der Waals surface area contributed by atoms with Crippen molar-refractivity contribution in [3.8, 4) is 22.8 Å². The minimum absolute atomic E-state index is 0.111. The minimum Gasteiger partial charge on any atom is -0.454 e. The smallest absolute Gasteiger partial charge is 0.252 e. The van der Waals surface area contributed by atoms with Crippen LogP contribution in [-0.4, -0.2) is 24.2 Å². The van der Waals surface area contributed by atoms with Crippen LogP contribution in [0, 0.1) is 0 Å². The summed E-state index contributed by atoms with van der Waals surface area (Å²) in [5, 5.41) is 4.00. The van der Waals surface area contributed by atoms with E-state index in [4.69, 9.17) is 14.5 Å². The van der Waals surface area contributed by atoms with Crippen molar-refractivity contribution in [2.75, 3.05) is 13.3 Å². The summed E-state index contributed by atoms with van der Waals surface area (Å²) in [6.45, 7) is 0.758. The van der Waals surface area contributed by atoms with Crippen molar-refractivity contribution in [3.05, 3.63) is 126 Å². The lowest BCUT2D eigenvalue weighted by molar-refractivity contribution is 0.0954. The molecule has 0 bridgehead atoms. The zero-order chi connectivity index (χ0) is 25.0. The van der Waals surface area contributed by atoms with Crippen LogP contribution in [0.15, 0.2) is 109 Å². The number of hydrogen-bond acceptors (Lipinski definition) is 4. The van der Waals surface area contributed by atoms with Gasteiger partial charge in [-0.1, -0.05) is 78.9 Å². The van der Waals surface area contributed by atoms with Crippen molar-refractivity contribution in [3.63, 3.8) is 0 Å². The normalized spacial score (nSPS) is 12.1. The summed E-state index contributed by atoms with van der Waals surface area (Å²) in [7, 11) is 0. The van der Waals surface area contributed by atoms with Gasteiger partial charge in [-0.15, -0.1) is 0 Å². The number of amides is 1. The summed E-state index contributed by atoms with van der Waals surface area (Å²) in [5.41, 5.74) is 5.44. The standard InChI is InChI=1S/C32H26N2O3/c35-32(33-18-17-25(22-9-3-1-4-10-22)23-11-5-2-6-12-23)27-20-29(34-28-14-8-7-13-26(27)28)24-15-16-30-31(19-24)37-21-36-30/h1-16,19-20,25H,17-18,21H2,(H,33,35). The lowest BCUT2D eigenvalue weighted by Crippen LogP contribution is -2.26. The lowest BCUT2D eigenvalue weighted by atomic mass is 9.88. The lowest BCUT2D eigenvalue weighted by Gasteiger charge is -2.19. The Labute approximate surface area is 215 Å². The molecule has 5 heteroatoms. The predicted molar refractivity (Wildman–Crippen MR) is 145 cm³/mol. The van der Waals surface area contributed by atoms with Gasteiger partial charge in [0.2, 0.25) is 6.79 Å². The molecule has 4 aromatic carbocycles. The molecule has 37 heavy (non-hydrogen) atoms. The Morgan fingerprint density at radius 2 is 1.46 bits per heavy atom. The largest absolute Gasteiger partial charge is 0.454 e. The van der Waals surface area contributed by atoms with E-state index < -0.39 is 0 Å². The second kappa shape index (κ2) is 10.2. The van der Waals surface area contributed by atoms with E-state index in [-0.39, 0.29) is 18.6 Å². The molecule has 5 aromatic rings. The van der Waals surface area contributed by atoms with Gasteiger partial charge < -0.3 is 14.8 Å². The van der Waals surface area contributed by atoms with Crippen molar-refractivity contribution in [1.82, 2.24) is 10.3 Å². The van der Waals surface area contributed by atoms with Gasteiger partial charge in [-0.25, -0.2) is 4.98 Å². The first kappa shape index (κ1) is 22.8. The first-order chi connectivity index (χ1) is 18.3. The molecule has 0 saturated heterocycles. The van der Waals surface area contributed by atoms with E-state index in [0.29, 0.717) is 29.3 Å². The molecule has 0 atom stereocenters. The van der Waals surface area contributed by atoms with Crippen LogP contribution in [0.1, 0.15) is 33.8 Å². The van der Waals surface area contributed by atoms with E-state index in [2.05, 4.69) is 53.8 Å². The Morgan fingerprint density at radius 1 is 0.784 bits per heavy atom. The van der Waals surface area contributed by atoms with E-state index in [0.717, 1.165) is 22.9 Å². The summed E-state index contributed by atoms with van der Waals surface area (Å²) in [5.74, 6) is 1.49. The van der Waals surface area contributed by atoms with Gasteiger partial charge in [-0.3, -0.25) is 4.79 Å². The van der Waals surface area contributed by atoms with Crippen LogP contribution in [0.3, 0.4) is 0 Å². The number of nitrogens with zero attached hydrogens (tertiary/aromatic N) is 1. The summed E-state index contributed by atoms with van der Waals surface area (Å²) < 4.78 is 11.0. The predicted octanol–water partition coefficient (Wildman–Crippen LogP) is 6.58. The van der Waals surface area contributed by atoms with Crippen LogP contribution in [0.5, 0.6) is 11.5 Å². The summed E-state index contributed by atoms with van der Waals surface area (Å²) >= 11 is 0. The fourth-order valence-electron chi connectivity index (χ4n) is 4.89.